The number of unbranched alkanes of at least 4 members (excludes halogenated alkanes) is 38. The van der Waals surface area contributed by atoms with Gasteiger partial charge in [-0.3, -0.25) is 14.4 Å². The van der Waals surface area contributed by atoms with Gasteiger partial charge >= 0.3 is 17.9 Å². The zero-order valence-corrected chi connectivity index (χ0v) is 49.4. The predicted molar refractivity (Wildman–Crippen MR) is 321 cm³/mol. The minimum atomic E-state index is -0.778. The minimum absolute atomic E-state index is 0.0754. The molecule has 0 fully saturated rings. The third-order valence-corrected chi connectivity index (χ3v) is 14.2. The quantitative estimate of drug-likeness (QED) is 0.0261. The Hall–Kier alpha value is -2.89. The largest absolute Gasteiger partial charge is 0.462 e. The van der Waals surface area contributed by atoms with Crippen LogP contribution in [0.1, 0.15) is 335 Å². The lowest BCUT2D eigenvalue weighted by Crippen LogP contribution is -2.30. The molecule has 0 aromatic heterocycles. The molecule has 0 saturated heterocycles. The van der Waals surface area contributed by atoms with Gasteiger partial charge in [-0.1, -0.05) is 293 Å². The lowest BCUT2D eigenvalue weighted by atomic mass is 10.0. The second-order valence-electron chi connectivity index (χ2n) is 21.7. The summed E-state index contributed by atoms with van der Waals surface area (Å²) in [5.41, 5.74) is 0. The third-order valence-electron chi connectivity index (χ3n) is 14.2. The molecule has 1 atom stereocenters. The van der Waals surface area contributed by atoms with E-state index in [9.17, 15) is 14.4 Å². The number of carbonyl (C=O) groups excluding carboxylic acids is 3. The fourth-order valence-electron chi connectivity index (χ4n) is 9.37. The van der Waals surface area contributed by atoms with Crippen molar-refractivity contribution < 1.29 is 28.6 Å². The zero-order chi connectivity index (χ0) is 53.6. The monoisotopic (exact) mass is 1030 g/mol. The van der Waals surface area contributed by atoms with E-state index in [-0.39, 0.29) is 31.1 Å². The first-order valence-corrected chi connectivity index (χ1v) is 32.3. The van der Waals surface area contributed by atoms with E-state index in [0.29, 0.717) is 19.3 Å². The highest BCUT2D eigenvalue weighted by molar-refractivity contribution is 5.71. The van der Waals surface area contributed by atoms with Crippen LogP contribution in [0.2, 0.25) is 0 Å². The molecule has 0 spiro atoms. The maximum absolute atomic E-state index is 12.9. The Morgan fingerprint density at radius 1 is 0.270 bits per heavy atom. The molecule has 0 aromatic rings. The Kier molecular flexibility index (Phi) is 60.2. The Bertz CT molecular complexity index is 1330. The molecule has 0 bridgehead atoms. The second kappa shape index (κ2) is 62.6. The lowest BCUT2D eigenvalue weighted by Gasteiger charge is -2.18. The van der Waals surface area contributed by atoms with Crippen molar-refractivity contribution in [2.75, 3.05) is 13.2 Å². The molecule has 0 radical (unpaired) electrons. The van der Waals surface area contributed by atoms with Crippen LogP contribution in [0.4, 0.5) is 0 Å². The summed E-state index contributed by atoms with van der Waals surface area (Å²) in [5, 5.41) is 0. The number of rotatable bonds is 59. The summed E-state index contributed by atoms with van der Waals surface area (Å²) in [6, 6.07) is 0. The second-order valence-corrected chi connectivity index (χ2v) is 21.7. The van der Waals surface area contributed by atoms with Crippen molar-refractivity contribution in [3.05, 3.63) is 60.8 Å². The number of esters is 3. The molecule has 6 nitrogen and oxygen atoms in total. The van der Waals surface area contributed by atoms with E-state index in [1.54, 1.807) is 0 Å². The van der Waals surface area contributed by atoms with Crippen LogP contribution in [0, 0.1) is 0 Å². The molecule has 0 rings (SSSR count). The molecule has 0 amide bonds. The van der Waals surface area contributed by atoms with Gasteiger partial charge in [0.15, 0.2) is 6.10 Å². The van der Waals surface area contributed by atoms with Gasteiger partial charge in [0, 0.05) is 19.3 Å². The van der Waals surface area contributed by atoms with Gasteiger partial charge in [0.25, 0.3) is 0 Å². The standard InChI is InChI=1S/C68H122O6/c1-4-7-10-13-16-19-22-25-27-28-29-30-31-32-33-34-35-36-37-38-39-40-41-44-46-49-52-55-58-61-67(70)73-64-65(63-72-66(69)60-57-54-51-48-45-42-24-21-18-15-12-9-6-3)74-68(71)62-59-56-53-50-47-43-26-23-20-17-14-11-8-5-2/h12,15,21-22,24-25,28-29,31-32,65H,4-11,13-14,16-20,23,26-27,30,33-64H2,1-3H3/b15-12-,24-21-,25-22-,29-28-,32-31-. The van der Waals surface area contributed by atoms with E-state index in [2.05, 4.69) is 81.5 Å². The summed E-state index contributed by atoms with van der Waals surface area (Å²) >= 11 is 0. The normalized spacial score (nSPS) is 12.4. The molecular weight excluding hydrogens is 913 g/mol. The van der Waals surface area contributed by atoms with Gasteiger partial charge in [-0.25, -0.2) is 0 Å². The fraction of sp³-hybridized carbons (Fsp3) is 0.809. The Balaban J connectivity index is 4.19. The highest BCUT2D eigenvalue weighted by Gasteiger charge is 2.19. The number of allylic oxidation sites excluding steroid dienone is 10. The van der Waals surface area contributed by atoms with Crippen LogP contribution in [0.5, 0.6) is 0 Å². The molecule has 430 valence electrons. The maximum atomic E-state index is 12.9. The Morgan fingerprint density at radius 3 is 0.811 bits per heavy atom. The Morgan fingerprint density at radius 2 is 0.514 bits per heavy atom. The highest BCUT2D eigenvalue weighted by atomic mass is 16.6. The molecule has 0 aromatic carbocycles. The molecule has 74 heavy (non-hydrogen) atoms. The average molecular weight is 1040 g/mol. The van der Waals surface area contributed by atoms with Gasteiger partial charge in [-0.2, -0.15) is 0 Å². The summed E-state index contributed by atoms with van der Waals surface area (Å²) in [6.45, 7) is 6.59. The van der Waals surface area contributed by atoms with Crippen LogP contribution < -0.4 is 0 Å². The van der Waals surface area contributed by atoms with Crippen LogP contribution in [0.3, 0.4) is 0 Å². The molecule has 6 heteroatoms. The van der Waals surface area contributed by atoms with Crippen molar-refractivity contribution in [3.8, 4) is 0 Å². The molecule has 0 aliphatic rings. The third kappa shape index (κ3) is 60.0. The summed E-state index contributed by atoms with van der Waals surface area (Å²) in [4.78, 5) is 38.2. The number of carbonyl (C=O) groups is 3. The highest BCUT2D eigenvalue weighted by Crippen LogP contribution is 2.17. The lowest BCUT2D eigenvalue weighted by molar-refractivity contribution is -0.167. The van der Waals surface area contributed by atoms with Crippen molar-refractivity contribution in [1.29, 1.82) is 0 Å². The molecule has 0 heterocycles. The summed E-state index contributed by atoms with van der Waals surface area (Å²) in [6.07, 6.45) is 79.5. The first-order chi connectivity index (χ1) is 36.5. The van der Waals surface area contributed by atoms with Crippen molar-refractivity contribution >= 4 is 17.9 Å². The molecule has 0 saturated carbocycles. The number of ether oxygens (including phenoxy) is 3. The van der Waals surface area contributed by atoms with Gasteiger partial charge in [-0.05, 0) is 83.5 Å². The van der Waals surface area contributed by atoms with Crippen molar-refractivity contribution in [2.24, 2.45) is 0 Å². The molecule has 0 aliphatic carbocycles. The molecule has 0 aliphatic heterocycles. The fourth-order valence-corrected chi connectivity index (χ4v) is 9.37. The summed E-state index contributed by atoms with van der Waals surface area (Å²) in [7, 11) is 0. The minimum Gasteiger partial charge on any atom is -0.462 e. The SMILES string of the molecule is CCC/C=C\C/C=C\CCCCCCCC(=O)OCC(COC(=O)CCCCCCCCCCCCCCCC/C=C\C/C=C\C/C=C\CCCCCCC)OC(=O)CCCCCCCCCCCCCCCC. The molecular formula is C68H122O6. The first-order valence-electron chi connectivity index (χ1n) is 32.3. The van der Waals surface area contributed by atoms with Crippen LogP contribution >= 0.6 is 0 Å². The van der Waals surface area contributed by atoms with Crippen molar-refractivity contribution in [2.45, 2.75) is 341 Å². The average Bonchev–Trinajstić information content (AvgIpc) is 3.40. The van der Waals surface area contributed by atoms with Crippen LogP contribution in [-0.2, 0) is 28.6 Å². The first kappa shape index (κ1) is 71.1. The predicted octanol–water partition coefficient (Wildman–Crippen LogP) is 21.9. The van der Waals surface area contributed by atoms with Crippen molar-refractivity contribution in [3.63, 3.8) is 0 Å². The summed E-state index contributed by atoms with van der Waals surface area (Å²) in [5.74, 6) is -0.874. The number of hydrogen-bond acceptors (Lipinski definition) is 6. The van der Waals surface area contributed by atoms with E-state index in [1.165, 1.54) is 199 Å². The number of hydrogen-bond donors (Lipinski definition) is 0. The van der Waals surface area contributed by atoms with Crippen molar-refractivity contribution in [1.82, 2.24) is 0 Å². The maximum Gasteiger partial charge on any atom is 0.306 e. The van der Waals surface area contributed by atoms with Gasteiger partial charge in [0.2, 0.25) is 0 Å². The Labute approximate surface area is 460 Å². The van der Waals surface area contributed by atoms with E-state index < -0.39 is 6.10 Å². The van der Waals surface area contributed by atoms with Crippen LogP contribution in [0.15, 0.2) is 60.8 Å². The van der Waals surface area contributed by atoms with E-state index in [1.807, 2.05) is 0 Å². The van der Waals surface area contributed by atoms with Crippen LogP contribution in [0.25, 0.3) is 0 Å². The van der Waals surface area contributed by atoms with Gasteiger partial charge in [-0.15, -0.1) is 0 Å². The van der Waals surface area contributed by atoms with Gasteiger partial charge < -0.3 is 14.2 Å². The molecule has 1 unspecified atom stereocenters. The smallest absolute Gasteiger partial charge is 0.306 e. The zero-order valence-electron chi connectivity index (χ0n) is 49.4. The van der Waals surface area contributed by atoms with Gasteiger partial charge in [0.1, 0.15) is 13.2 Å². The van der Waals surface area contributed by atoms with Gasteiger partial charge in [0.05, 0.1) is 0 Å². The van der Waals surface area contributed by atoms with Crippen LogP contribution in [-0.4, -0.2) is 37.2 Å². The van der Waals surface area contributed by atoms with E-state index in [0.717, 1.165) is 96.3 Å². The summed E-state index contributed by atoms with van der Waals surface area (Å²) < 4.78 is 16.9. The van der Waals surface area contributed by atoms with E-state index >= 15 is 0 Å². The topological polar surface area (TPSA) is 78.9 Å². The molecule has 0 N–H and O–H groups in total. The van der Waals surface area contributed by atoms with E-state index in [4.69, 9.17) is 14.2 Å².